The van der Waals surface area contributed by atoms with Crippen LogP contribution in [0.25, 0.3) is 11.8 Å². The summed E-state index contributed by atoms with van der Waals surface area (Å²) in [7, 11) is 0. The van der Waals surface area contributed by atoms with Gasteiger partial charge in [-0.3, -0.25) is 4.57 Å². The van der Waals surface area contributed by atoms with Crippen molar-refractivity contribution in [2.24, 2.45) is 0 Å². The van der Waals surface area contributed by atoms with E-state index in [2.05, 4.69) is 11.9 Å². The topological polar surface area (TPSA) is 81.4 Å². The molecule has 0 bridgehead atoms. The molecule has 0 saturated heterocycles. The molecule has 0 amide bonds. The van der Waals surface area contributed by atoms with Crippen LogP contribution in [0.2, 0.25) is 0 Å². The predicted molar refractivity (Wildman–Crippen MR) is 122 cm³/mol. The lowest BCUT2D eigenvalue weighted by molar-refractivity contribution is -0.132. The third-order valence-electron chi connectivity index (χ3n) is 4.79. The van der Waals surface area contributed by atoms with E-state index in [-0.39, 0.29) is 5.97 Å². The summed E-state index contributed by atoms with van der Waals surface area (Å²) in [5.41, 5.74) is 2.29. The van der Waals surface area contributed by atoms with E-state index in [0.717, 1.165) is 35.7 Å². The molecule has 0 spiro atoms. The number of imidazole rings is 1. The molecule has 2 heterocycles. The zero-order valence-electron chi connectivity index (χ0n) is 17.7. The van der Waals surface area contributed by atoms with E-state index in [1.54, 1.807) is 31.3 Å². The van der Waals surface area contributed by atoms with Crippen molar-refractivity contribution in [3.05, 3.63) is 75.5 Å². The highest BCUT2D eigenvalue weighted by Crippen LogP contribution is 2.22. The first kappa shape index (κ1) is 22.5. The highest BCUT2D eigenvalue weighted by atomic mass is 32.1. The zero-order chi connectivity index (χ0) is 22.2. The van der Waals surface area contributed by atoms with Crippen LogP contribution in [-0.4, -0.2) is 33.2 Å². The van der Waals surface area contributed by atoms with Crippen molar-refractivity contribution in [2.45, 2.75) is 39.5 Å². The summed E-state index contributed by atoms with van der Waals surface area (Å²) >= 11 is 1.53. The molecule has 0 atom stereocenters. The lowest BCUT2D eigenvalue weighted by Gasteiger charge is -2.12. The molecule has 6 nitrogen and oxygen atoms in total. The lowest BCUT2D eigenvalue weighted by Crippen LogP contribution is -2.08. The minimum Gasteiger partial charge on any atom is -0.478 e. The number of esters is 1. The van der Waals surface area contributed by atoms with Crippen molar-refractivity contribution in [3.8, 4) is 5.69 Å². The lowest BCUT2D eigenvalue weighted by atomic mass is 10.1. The van der Waals surface area contributed by atoms with Gasteiger partial charge < -0.3 is 9.84 Å². The molecule has 31 heavy (non-hydrogen) atoms. The Balaban J connectivity index is 2.00. The van der Waals surface area contributed by atoms with E-state index in [4.69, 9.17) is 4.74 Å². The van der Waals surface area contributed by atoms with E-state index >= 15 is 0 Å². The number of thiophene rings is 1. The number of aliphatic carboxylic acids is 1. The standard InChI is InChI=1S/C24H26N2O4S/c1-3-5-8-22-25-16-20(14-18(23(27)28)15-21-7-6-13-31-21)26(22)19-11-9-17(10-12-19)24(29)30-4-2/h6-7,9-14,16H,3-5,8,15H2,1-2H3,(H,27,28). The quantitative estimate of drug-likeness (QED) is 0.349. The van der Waals surface area contributed by atoms with Crippen molar-refractivity contribution < 1.29 is 19.4 Å². The summed E-state index contributed by atoms with van der Waals surface area (Å²) in [6.07, 6.45) is 6.52. The van der Waals surface area contributed by atoms with Crippen LogP contribution in [0.15, 0.2) is 53.5 Å². The first-order chi connectivity index (χ1) is 15.0. The second kappa shape index (κ2) is 10.7. The molecule has 3 rings (SSSR count). The van der Waals surface area contributed by atoms with Gasteiger partial charge in [-0.15, -0.1) is 11.3 Å². The van der Waals surface area contributed by atoms with Gasteiger partial charge in [0.25, 0.3) is 0 Å². The molecule has 0 unspecified atom stereocenters. The Morgan fingerprint density at radius 3 is 2.58 bits per heavy atom. The molecule has 0 fully saturated rings. The Hall–Kier alpha value is -3.19. The van der Waals surface area contributed by atoms with Crippen LogP contribution in [0, 0.1) is 0 Å². The summed E-state index contributed by atoms with van der Waals surface area (Å²) in [6, 6.07) is 10.9. The fraction of sp³-hybridized carbons (Fsp3) is 0.292. The highest BCUT2D eigenvalue weighted by Gasteiger charge is 2.15. The molecule has 0 saturated carbocycles. The number of aryl methyl sites for hydroxylation is 1. The van der Waals surface area contributed by atoms with Gasteiger partial charge in [0.2, 0.25) is 0 Å². The van der Waals surface area contributed by atoms with Crippen LogP contribution in [0.3, 0.4) is 0 Å². The van der Waals surface area contributed by atoms with Gasteiger partial charge in [0, 0.05) is 29.0 Å². The molecular weight excluding hydrogens is 412 g/mol. The fourth-order valence-electron chi connectivity index (χ4n) is 3.25. The third kappa shape index (κ3) is 5.70. The van der Waals surface area contributed by atoms with Crippen LogP contribution >= 0.6 is 11.3 Å². The van der Waals surface area contributed by atoms with Crippen molar-refractivity contribution in [1.82, 2.24) is 9.55 Å². The second-order valence-corrected chi connectivity index (χ2v) is 8.07. The van der Waals surface area contributed by atoms with E-state index < -0.39 is 5.97 Å². The maximum Gasteiger partial charge on any atom is 0.338 e. The minimum atomic E-state index is -0.950. The van der Waals surface area contributed by atoms with Crippen molar-refractivity contribution in [1.29, 1.82) is 0 Å². The molecule has 3 aromatic rings. The maximum atomic E-state index is 12.0. The number of unbranched alkanes of at least 4 members (excludes halogenated alkanes) is 1. The number of carbonyl (C=O) groups is 2. The SMILES string of the molecule is CCCCc1ncc(C=C(Cc2cccs2)C(=O)O)n1-c1ccc(C(=O)OCC)cc1. The monoisotopic (exact) mass is 438 g/mol. The fourth-order valence-corrected chi connectivity index (χ4v) is 3.97. The zero-order valence-corrected chi connectivity index (χ0v) is 18.5. The number of hydrogen-bond acceptors (Lipinski definition) is 5. The summed E-state index contributed by atoms with van der Waals surface area (Å²) < 4.78 is 7.02. The Morgan fingerprint density at radius 2 is 1.97 bits per heavy atom. The number of aromatic nitrogens is 2. The van der Waals surface area contributed by atoms with Crippen LogP contribution in [0.1, 0.15) is 53.4 Å². The largest absolute Gasteiger partial charge is 0.478 e. The Bertz CT molecular complexity index is 1050. The predicted octanol–water partition coefficient (Wildman–Crippen LogP) is 5.16. The van der Waals surface area contributed by atoms with Crippen LogP contribution in [0.4, 0.5) is 0 Å². The van der Waals surface area contributed by atoms with Crippen LogP contribution in [0.5, 0.6) is 0 Å². The van der Waals surface area contributed by atoms with Gasteiger partial charge in [0.05, 0.1) is 24.1 Å². The van der Waals surface area contributed by atoms with E-state index in [1.165, 1.54) is 11.3 Å². The second-order valence-electron chi connectivity index (χ2n) is 7.04. The molecular formula is C24H26N2O4S. The molecule has 2 aromatic heterocycles. The Morgan fingerprint density at radius 1 is 1.19 bits per heavy atom. The number of rotatable bonds is 10. The minimum absolute atomic E-state index is 0.300. The average molecular weight is 439 g/mol. The molecule has 0 aliphatic heterocycles. The number of ether oxygens (including phenoxy) is 1. The third-order valence-corrected chi connectivity index (χ3v) is 5.67. The van der Waals surface area contributed by atoms with Gasteiger partial charge in [0.15, 0.2) is 0 Å². The first-order valence-corrected chi connectivity index (χ1v) is 11.2. The Kier molecular flexibility index (Phi) is 7.78. The number of carboxylic acids is 1. The Labute approximate surface area is 185 Å². The molecule has 0 aliphatic carbocycles. The number of carboxylic acid groups (broad SMARTS) is 1. The molecule has 0 radical (unpaired) electrons. The summed E-state index contributed by atoms with van der Waals surface area (Å²) in [5, 5.41) is 11.7. The van der Waals surface area contributed by atoms with E-state index in [9.17, 15) is 14.7 Å². The molecule has 1 aromatic carbocycles. The van der Waals surface area contributed by atoms with Gasteiger partial charge >= 0.3 is 11.9 Å². The van der Waals surface area contributed by atoms with Gasteiger partial charge in [-0.25, -0.2) is 14.6 Å². The van der Waals surface area contributed by atoms with E-state index in [0.29, 0.717) is 29.9 Å². The first-order valence-electron chi connectivity index (χ1n) is 10.3. The van der Waals surface area contributed by atoms with E-state index in [1.807, 2.05) is 34.2 Å². The van der Waals surface area contributed by atoms with Crippen molar-refractivity contribution in [2.75, 3.05) is 6.61 Å². The van der Waals surface area contributed by atoms with Gasteiger partial charge in [-0.05, 0) is 55.1 Å². The van der Waals surface area contributed by atoms with Crippen LogP contribution in [-0.2, 0) is 22.4 Å². The number of hydrogen-bond donors (Lipinski definition) is 1. The van der Waals surface area contributed by atoms with Crippen molar-refractivity contribution in [3.63, 3.8) is 0 Å². The number of nitrogens with zero attached hydrogens (tertiary/aromatic N) is 2. The van der Waals surface area contributed by atoms with Crippen molar-refractivity contribution >= 4 is 29.4 Å². The van der Waals surface area contributed by atoms with Gasteiger partial charge in [-0.1, -0.05) is 19.4 Å². The smallest absolute Gasteiger partial charge is 0.338 e. The van der Waals surface area contributed by atoms with Gasteiger partial charge in [-0.2, -0.15) is 0 Å². The number of carbonyl (C=O) groups excluding carboxylic acids is 1. The molecule has 162 valence electrons. The molecule has 1 N–H and O–H groups in total. The molecule has 0 aliphatic rings. The maximum absolute atomic E-state index is 12.0. The number of benzene rings is 1. The summed E-state index contributed by atoms with van der Waals surface area (Å²) in [4.78, 5) is 29.4. The highest BCUT2D eigenvalue weighted by molar-refractivity contribution is 7.09. The van der Waals surface area contributed by atoms with Crippen LogP contribution < -0.4 is 0 Å². The average Bonchev–Trinajstić information content (AvgIpc) is 3.42. The normalized spacial score (nSPS) is 11.5. The molecule has 7 heteroatoms. The summed E-state index contributed by atoms with van der Waals surface area (Å²) in [6.45, 7) is 4.21. The summed E-state index contributed by atoms with van der Waals surface area (Å²) in [5.74, 6) is -0.457. The van der Waals surface area contributed by atoms with Gasteiger partial charge in [0.1, 0.15) is 5.82 Å².